The van der Waals surface area contributed by atoms with Crippen LogP contribution in [0, 0.1) is 11.6 Å². The maximum Gasteiger partial charge on any atom is 0.166 e. The average Bonchev–Trinajstić information content (AvgIpc) is 2.50. The molecular formula is C16H15F2NO2. The predicted molar refractivity (Wildman–Crippen MR) is 74.4 cm³/mol. The molecule has 0 bridgehead atoms. The van der Waals surface area contributed by atoms with E-state index in [-0.39, 0.29) is 12.0 Å². The number of hydrogen-bond donors (Lipinski definition) is 1. The fourth-order valence-corrected chi connectivity index (χ4v) is 2.43. The van der Waals surface area contributed by atoms with E-state index in [0.29, 0.717) is 24.7 Å². The number of para-hydroxylation sites is 1. The molecule has 1 heterocycles. The van der Waals surface area contributed by atoms with Crippen LogP contribution >= 0.6 is 0 Å². The summed E-state index contributed by atoms with van der Waals surface area (Å²) >= 11 is 0. The highest BCUT2D eigenvalue weighted by Gasteiger charge is 2.21. The molecule has 0 amide bonds. The molecule has 21 heavy (non-hydrogen) atoms. The summed E-state index contributed by atoms with van der Waals surface area (Å²) in [6.07, 6.45) is 0.184. The average molecular weight is 291 g/mol. The van der Waals surface area contributed by atoms with Gasteiger partial charge in [-0.25, -0.2) is 8.78 Å². The summed E-state index contributed by atoms with van der Waals surface area (Å²) in [7, 11) is 0. The number of ether oxygens (including phenoxy) is 2. The van der Waals surface area contributed by atoms with Gasteiger partial charge in [0.15, 0.2) is 11.5 Å². The summed E-state index contributed by atoms with van der Waals surface area (Å²) < 4.78 is 38.0. The van der Waals surface area contributed by atoms with Crippen molar-refractivity contribution in [3.63, 3.8) is 0 Å². The van der Waals surface area contributed by atoms with Crippen molar-refractivity contribution in [2.24, 2.45) is 5.73 Å². The quantitative estimate of drug-likeness (QED) is 0.945. The van der Waals surface area contributed by atoms with Gasteiger partial charge in [-0.1, -0.05) is 12.1 Å². The largest absolute Gasteiger partial charge is 0.486 e. The Labute approximate surface area is 121 Å². The molecular weight excluding hydrogens is 276 g/mol. The third-order valence-corrected chi connectivity index (χ3v) is 3.44. The second-order valence-corrected chi connectivity index (χ2v) is 4.92. The maximum absolute atomic E-state index is 13.7. The molecule has 5 heteroatoms. The number of halogens is 2. The third kappa shape index (κ3) is 2.83. The van der Waals surface area contributed by atoms with E-state index >= 15 is 0 Å². The Morgan fingerprint density at radius 3 is 2.76 bits per heavy atom. The predicted octanol–water partition coefficient (Wildman–Crippen LogP) is 2.98. The topological polar surface area (TPSA) is 44.5 Å². The minimum atomic E-state index is -0.502. The van der Waals surface area contributed by atoms with Gasteiger partial charge in [0.2, 0.25) is 0 Å². The lowest BCUT2D eigenvalue weighted by molar-refractivity contribution is 0.169. The van der Waals surface area contributed by atoms with Gasteiger partial charge in [-0.05, 0) is 36.2 Å². The van der Waals surface area contributed by atoms with E-state index < -0.39 is 17.7 Å². The van der Waals surface area contributed by atoms with E-state index in [2.05, 4.69) is 0 Å². The Bertz CT molecular complexity index is 661. The molecule has 0 radical (unpaired) electrons. The molecule has 1 unspecified atom stereocenters. The van der Waals surface area contributed by atoms with E-state index in [1.807, 2.05) is 12.1 Å². The van der Waals surface area contributed by atoms with Gasteiger partial charge in [0.1, 0.15) is 24.8 Å². The van der Waals surface area contributed by atoms with E-state index in [0.717, 1.165) is 17.7 Å². The molecule has 0 fully saturated rings. The second kappa shape index (κ2) is 5.69. The fraction of sp³-hybridized carbons (Fsp3) is 0.250. The molecule has 0 spiro atoms. The Morgan fingerprint density at radius 2 is 1.90 bits per heavy atom. The van der Waals surface area contributed by atoms with Crippen LogP contribution in [0.5, 0.6) is 11.5 Å². The molecule has 1 aliphatic rings. The van der Waals surface area contributed by atoms with Crippen LogP contribution in [0.1, 0.15) is 17.2 Å². The van der Waals surface area contributed by atoms with Gasteiger partial charge in [-0.2, -0.15) is 0 Å². The first-order chi connectivity index (χ1) is 10.1. The van der Waals surface area contributed by atoms with Crippen molar-refractivity contribution in [1.29, 1.82) is 0 Å². The van der Waals surface area contributed by atoms with E-state index in [1.165, 1.54) is 6.07 Å². The molecule has 1 atom stereocenters. The van der Waals surface area contributed by atoms with Crippen molar-refractivity contribution in [3.8, 4) is 11.5 Å². The molecule has 3 rings (SSSR count). The highest BCUT2D eigenvalue weighted by molar-refractivity contribution is 5.49. The van der Waals surface area contributed by atoms with Crippen molar-refractivity contribution in [2.75, 3.05) is 13.2 Å². The van der Waals surface area contributed by atoms with Gasteiger partial charge < -0.3 is 15.2 Å². The number of nitrogens with two attached hydrogens (primary N) is 1. The summed E-state index contributed by atoms with van der Waals surface area (Å²) in [5.74, 6) is 0.282. The lowest BCUT2D eigenvalue weighted by Gasteiger charge is -2.23. The van der Waals surface area contributed by atoms with Crippen LogP contribution in [0.2, 0.25) is 0 Å². The van der Waals surface area contributed by atoms with Gasteiger partial charge in [0.25, 0.3) is 0 Å². The van der Waals surface area contributed by atoms with Crippen molar-refractivity contribution < 1.29 is 18.3 Å². The van der Waals surface area contributed by atoms with E-state index in [9.17, 15) is 8.78 Å². The fourth-order valence-electron chi connectivity index (χ4n) is 2.43. The maximum atomic E-state index is 13.7. The third-order valence-electron chi connectivity index (χ3n) is 3.44. The summed E-state index contributed by atoms with van der Waals surface area (Å²) in [4.78, 5) is 0. The normalized spacial score (nSPS) is 14.8. The zero-order chi connectivity index (χ0) is 14.8. The van der Waals surface area contributed by atoms with Gasteiger partial charge in [-0.3, -0.25) is 0 Å². The van der Waals surface area contributed by atoms with Crippen LogP contribution in [-0.4, -0.2) is 13.2 Å². The van der Waals surface area contributed by atoms with E-state index in [1.54, 1.807) is 6.07 Å². The van der Waals surface area contributed by atoms with Crippen LogP contribution in [0.15, 0.2) is 36.4 Å². The molecule has 0 saturated heterocycles. The van der Waals surface area contributed by atoms with Crippen LogP contribution in [0.3, 0.4) is 0 Å². The first-order valence-corrected chi connectivity index (χ1v) is 6.73. The smallest absolute Gasteiger partial charge is 0.166 e. The monoisotopic (exact) mass is 291 g/mol. The summed E-state index contributed by atoms with van der Waals surface area (Å²) in [5.41, 5.74) is 7.12. The first kappa shape index (κ1) is 13.8. The highest BCUT2D eigenvalue weighted by atomic mass is 19.1. The zero-order valence-corrected chi connectivity index (χ0v) is 11.3. The molecule has 0 saturated carbocycles. The molecule has 3 nitrogen and oxygen atoms in total. The summed E-state index contributed by atoms with van der Waals surface area (Å²) in [6, 6.07) is 8.29. The highest BCUT2D eigenvalue weighted by Crippen LogP contribution is 2.37. The zero-order valence-electron chi connectivity index (χ0n) is 11.3. The summed E-state index contributed by atoms with van der Waals surface area (Å²) in [5, 5.41) is 0. The van der Waals surface area contributed by atoms with Crippen LogP contribution in [0.4, 0.5) is 8.78 Å². The van der Waals surface area contributed by atoms with Crippen LogP contribution in [0.25, 0.3) is 0 Å². The molecule has 2 aromatic rings. The number of rotatable bonds is 3. The molecule has 110 valence electrons. The summed E-state index contributed by atoms with van der Waals surface area (Å²) in [6.45, 7) is 0.940. The molecule has 2 N–H and O–H groups in total. The van der Waals surface area contributed by atoms with Crippen molar-refractivity contribution in [1.82, 2.24) is 0 Å². The van der Waals surface area contributed by atoms with Crippen molar-refractivity contribution >= 4 is 0 Å². The minimum Gasteiger partial charge on any atom is -0.486 e. The Kier molecular flexibility index (Phi) is 3.75. The molecule has 2 aromatic carbocycles. The SMILES string of the molecule is NC(Cc1cc(F)ccc1F)c1cccc2c1OCCO2. The minimum absolute atomic E-state index is 0.184. The number of benzene rings is 2. The lowest BCUT2D eigenvalue weighted by Crippen LogP contribution is -2.20. The van der Waals surface area contributed by atoms with Crippen LogP contribution < -0.4 is 15.2 Å². The van der Waals surface area contributed by atoms with Crippen molar-refractivity contribution in [3.05, 3.63) is 59.2 Å². The Morgan fingerprint density at radius 1 is 1.10 bits per heavy atom. The number of hydrogen-bond acceptors (Lipinski definition) is 3. The Balaban J connectivity index is 1.89. The molecule has 1 aliphatic heterocycles. The molecule has 0 aromatic heterocycles. The standard InChI is InChI=1S/C16H15F2NO2/c17-11-4-5-13(18)10(8-11)9-14(19)12-2-1-3-15-16(12)21-7-6-20-15/h1-5,8,14H,6-7,9,19H2. The first-order valence-electron chi connectivity index (χ1n) is 6.73. The van der Waals surface area contributed by atoms with E-state index in [4.69, 9.17) is 15.2 Å². The van der Waals surface area contributed by atoms with Gasteiger partial charge in [0.05, 0.1) is 0 Å². The van der Waals surface area contributed by atoms with Gasteiger partial charge in [-0.15, -0.1) is 0 Å². The Hall–Kier alpha value is -2.14. The van der Waals surface area contributed by atoms with Gasteiger partial charge in [0, 0.05) is 11.6 Å². The molecule has 0 aliphatic carbocycles. The second-order valence-electron chi connectivity index (χ2n) is 4.92. The van der Waals surface area contributed by atoms with Crippen LogP contribution in [-0.2, 0) is 6.42 Å². The number of fused-ring (bicyclic) bond motifs is 1. The van der Waals surface area contributed by atoms with Gasteiger partial charge >= 0.3 is 0 Å². The van der Waals surface area contributed by atoms with Crippen molar-refractivity contribution in [2.45, 2.75) is 12.5 Å². The lowest BCUT2D eigenvalue weighted by atomic mass is 9.98.